The number of ether oxygens (including phenoxy) is 1. The number of benzene rings is 2. The molecule has 1 aromatic heterocycles. The van der Waals surface area contributed by atoms with Crippen molar-refractivity contribution in [1.82, 2.24) is 10.2 Å². The van der Waals surface area contributed by atoms with E-state index >= 15 is 0 Å². The van der Waals surface area contributed by atoms with Crippen LogP contribution in [0.1, 0.15) is 40.6 Å². The van der Waals surface area contributed by atoms with Gasteiger partial charge in [-0.2, -0.15) is 10.0 Å². The topological polar surface area (TPSA) is 64.4 Å². The molecule has 0 aliphatic heterocycles. The molecule has 0 radical (unpaired) electrons. The molecule has 0 aliphatic rings. The number of halogens is 1. The van der Waals surface area contributed by atoms with Crippen LogP contribution in [0, 0.1) is 11.8 Å². The highest BCUT2D eigenvalue weighted by molar-refractivity contribution is 9.10. The zero-order valence-electron chi connectivity index (χ0n) is 15.2. The molecule has 0 N–H and O–H groups in total. The first-order chi connectivity index (χ1) is 13.1. The monoisotopic (exact) mass is 425 g/mol. The molecule has 27 heavy (non-hydrogen) atoms. The lowest BCUT2D eigenvalue weighted by Gasteiger charge is -2.23. The van der Waals surface area contributed by atoms with Gasteiger partial charge < -0.3 is 4.74 Å². The second-order valence-corrected chi connectivity index (χ2v) is 7.23. The quantitative estimate of drug-likeness (QED) is 0.463. The molecule has 1 heterocycles. The highest BCUT2D eigenvalue weighted by atomic mass is 79.9. The fourth-order valence-electron chi connectivity index (χ4n) is 3.31. The second kappa shape index (κ2) is 8.86. The standard InChI is InChI=1S/C21H20BrN3O2/c1-14-5-3-4-6-17(14)19(15-7-9-16(22)10-8-15)13-20(25-26)18-11-12-23-24-21(18)27-2/h3-12,19-20H,13H2,1-2H3. The third-order valence-electron chi connectivity index (χ3n) is 4.69. The van der Waals surface area contributed by atoms with Crippen LogP contribution in [0.5, 0.6) is 5.88 Å². The van der Waals surface area contributed by atoms with Crippen LogP contribution in [0.25, 0.3) is 0 Å². The zero-order chi connectivity index (χ0) is 19.2. The Hall–Kier alpha value is -2.60. The van der Waals surface area contributed by atoms with Crippen LogP contribution >= 0.6 is 15.9 Å². The Labute approximate surface area is 166 Å². The molecule has 138 valence electrons. The van der Waals surface area contributed by atoms with Gasteiger partial charge in [-0.1, -0.05) is 57.5 Å². The summed E-state index contributed by atoms with van der Waals surface area (Å²) < 4.78 is 6.30. The Morgan fingerprint density at radius 1 is 1.07 bits per heavy atom. The molecular weight excluding hydrogens is 406 g/mol. The maximum atomic E-state index is 11.7. The van der Waals surface area contributed by atoms with Crippen molar-refractivity contribution < 1.29 is 4.74 Å². The molecule has 3 aromatic rings. The molecule has 2 unspecified atom stereocenters. The molecule has 0 fully saturated rings. The number of methoxy groups -OCH3 is 1. The average molecular weight is 426 g/mol. The second-order valence-electron chi connectivity index (χ2n) is 6.31. The van der Waals surface area contributed by atoms with E-state index in [0.717, 1.165) is 10.0 Å². The SMILES string of the molecule is COc1nnccc1C(CC(c1ccc(Br)cc1)c1ccccc1C)N=O. The number of nitroso groups, excluding NO2 is 1. The van der Waals surface area contributed by atoms with Gasteiger partial charge in [-0.3, -0.25) is 0 Å². The lowest BCUT2D eigenvalue weighted by Crippen LogP contribution is -2.10. The Morgan fingerprint density at radius 2 is 1.81 bits per heavy atom. The van der Waals surface area contributed by atoms with Gasteiger partial charge in [0.25, 0.3) is 0 Å². The number of hydrogen-bond acceptors (Lipinski definition) is 5. The van der Waals surface area contributed by atoms with Gasteiger partial charge in [-0.15, -0.1) is 5.10 Å². The third-order valence-corrected chi connectivity index (χ3v) is 5.22. The number of aryl methyl sites for hydroxylation is 1. The van der Waals surface area contributed by atoms with Crippen LogP contribution in [0.3, 0.4) is 0 Å². The minimum Gasteiger partial charge on any atom is -0.480 e. The van der Waals surface area contributed by atoms with E-state index < -0.39 is 6.04 Å². The summed E-state index contributed by atoms with van der Waals surface area (Å²) in [4.78, 5) is 11.7. The summed E-state index contributed by atoms with van der Waals surface area (Å²) >= 11 is 3.49. The first-order valence-electron chi connectivity index (χ1n) is 8.63. The van der Waals surface area contributed by atoms with Gasteiger partial charge >= 0.3 is 0 Å². The van der Waals surface area contributed by atoms with E-state index in [1.807, 2.05) is 24.3 Å². The zero-order valence-corrected chi connectivity index (χ0v) is 16.8. The summed E-state index contributed by atoms with van der Waals surface area (Å²) in [6, 6.07) is 17.5. The van der Waals surface area contributed by atoms with Gasteiger partial charge in [0.2, 0.25) is 5.88 Å². The highest BCUT2D eigenvalue weighted by Gasteiger charge is 2.26. The summed E-state index contributed by atoms with van der Waals surface area (Å²) in [5.41, 5.74) is 4.13. The third kappa shape index (κ3) is 4.39. The van der Waals surface area contributed by atoms with E-state index in [2.05, 4.69) is 62.5 Å². The van der Waals surface area contributed by atoms with E-state index in [4.69, 9.17) is 4.74 Å². The summed E-state index contributed by atoms with van der Waals surface area (Å²) in [6.07, 6.45) is 2.07. The summed E-state index contributed by atoms with van der Waals surface area (Å²) in [5.74, 6) is 0.348. The van der Waals surface area contributed by atoms with Gasteiger partial charge in [0, 0.05) is 16.0 Å². The van der Waals surface area contributed by atoms with Crippen molar-refractivity contribution in [3.05, 3.63) is 92.4 Å². The summed E-state index contributed by atoms with van der Waals surface area (Å²) in [5, 5.41) is 11.2. The fourth-order valence-corrected chi connectivity index (χ4v) is 3.57. The Kier molecular flexibility index (Phi) is 6.29. The molecular formula is C21H20BrN3O2. The van der Waals surface area contributed by atoms with E-state index in [1.54, 1.807) is 12.3 Å². The van der Waals surface area contributed by atoms with Gasteiger partial charge in [-0.25, -0.2) is 0 Å². The highest BCUT2D eigenvalue weighted by Crippen LogP contribution is 2.39. The van der Waals surface area contributed by atoms with Crippen LogP contribution in [0.4, 0.5) is 0 Å². The van der Waals surface area contributed by atoms with Crippen LogP contribution in [-0.2, 0) is 0 Å². The van der Waals surface area contributed by atoms with Crippen molar-refractivity contribution in [1.29, 1.82) is 0 Å². The Balaban J connectivity index is 2.03. The molecule has 2 atom stereocenters. The number of aromatic nitrogens is 2. The van der Waals surface area contributed by atoms with Crippen LogP contribution in [-0.4, -0.2) is 17.3 Å². The van der Waals surface area contributed by atoms with E-state index in [-0.39, 0.29) is 5.92 Å². The molecule has 0 saturated carbocycles. The minimum absolute atomic E-state index is 0.0138. The predicted octanol–water partition coefficient (Wildman–Crippen LogP) is 5.59. The molecule has 0 aliphatic carbocycles. The first-order valence-corrected chi connectivity index (χ1v) is 9.42. The number of rotatable bonds is 7. The van der Waals surface area contributed by atoms with Crippen molar-refractivity contribution >= 4 is 15.9 Å². The minimum atomic E-state index is -0.594. The van der Waals surface area contributed by atoms with Gasteiger partial charge in [0.15, 0.2) is 0 Å². The molecule has 0 bridgehead atoms. The summed E-state index contributed by atoms with van der Waals surface area (Å²) in [7, 11) is 1.52. The molecule has 0 saturated heterocycles. The number of hydrogen-bond donors (Lipinski definition) is 0. The average Bonchev–Trinajstić information content (AvgIpc) is 2.71. The predicted molar refractivity (Wildman–Crippen MR) is 109 cm³/mol. The molecule has 0 amide bonds. The Bertz CT molecular complexity index is 915. The van der Waals surface area contributed by atoms with Gasteiger partial charge in [0.1, 0.15) is 6.04 Å². The van der Waals surface area contributed by atoms with E-state index in [0.29, 0.717) is 17.9 Å². The van der Waals surface area contributed by atoms with Gasteiger partial charge in [0.05, 0.1) is 13.3 Å². The number of nitrogens with zero attached hydrogens (tertiary/aromatic N) is 3. The molecule has 2 aromatic carbocycles. The van der Waals surface area contributed by atoms with Crippen LogP contribution in [0.2, 0.25) is 0 Å². The molecule has 0 spiro atoms. The Morgan fingerprint density at radius 3 is 2.48 bits per heavy atom. The smallest absolute Gasteiger partial charge is 0.238 e. The normalized spacial score (nSPS) is 13.0. The molecule has 6 heteroatoms. The lowest BCUT2D eigenvalue weighted by molar-refractivity contribution is 0.380. The van der Waals surface area contributed by atoms with E-state index in [9.17, 15) is 4.91 Å². The van der Waals surface area contributed by atoms with Crippen LogP contribution in [0.15, 0.2) is 70.4 Å². The van der Waals surface area contributed by atoms with Crippen molar-refractivity contribution in [2.75, 3.05) is 7.11 Å². The molecule has 3 rings (SSSR count). The summed E-state index contributed by atoms with van der Waals surface area (Å²) in [6.45, 7) is 2.08. The largest absolute Gasteiger partial charge is 0.480 e. The maximum absolute atomic E-state index is 11.7. The van der Waals surface area contributed by atoms with Crippen molar-refractivity contribution in [2.24, 2.45) is 5.18 Å². The van der Waals surface area contributed by atoms with Gasteiger partial charge in [-0.05, 0) is 48.2 Å². The van der Waals surface area contributed by atoms with Crippen molar-refractivity contribution in [3.8, 4) is 5.88 Å². The molecule has 5 nitrogen and oxygen atoms in total. The van der Waals surface area contributed by atoms with Crippen molar-refractivity contribution in [3.63, 3.8) is 0 Å². The fraction of sp³-hybridized carbons (Fsp3) is 0.238. The lowest BCUT2D eigenvalue weighted by atomic mass is 9.83. The van der Waals surface area contributed by atoms with E-state index in [1.165, 1.54) is 18.2 Å². The first kappa shape index (κ1) is 19.2. The maximum Gasteiger partial charge on any atom is 0.238 e. The van der Waals surface area contributed by atoms with Crippen LogP contribution < -0.4 is 4.74 Å². The van der Waals surface area contributed by atoms with Crippen molar-refractivity contribution in [2.45, 2.75) is 25.3 Å².